The molecule has 0 aliphatic carbocycles. The second kappa shape index (κ2) is 6.74. The van der Waals surface area contributed by atoms with Crippen molar-refractivity contribution in [1.29, 1.82) is 0 Å². The number of nitrogens with zero attached hydrogens (tertiary/aromatic N) is 2. The van der Waals surface area contributed by atoms with Gasteiger partial charge in [-0.3, -0.25) is 9.48 Å². The lowest BCUT2D eigenvalue weighted by atomic mass is 10.0. The van der Waals surface area contributed by atoms with E-state index in [1.54, 1.807) is 18.0 Å². The van der Waals surface area contributed by atoms with Crippen LogP contribution in [0.2, 0.25) is 0 Å². The summed E-state index contributed by atoms with van der Waals surface area (Å²) in [6.07, 6.45) is 3.93. The van der Waals surface area contributed by atoms with Gasteiger partial charge in [-0.25, -0.2) is 4.79 Å². The van der Waals surface area contributed by atoms with Crippen molar-refractivity contribution in [2.24, 2.45) is 5.73 Å². The Labute approximate surface area is 137 Å². The van der Waals surface area contributed by atoms with E-state index >= 15 is 0 Å². The van der Waals surface area contributed by atoms with E-state index in [-0.39, 0.29) is 18.6 Å². The maximum Gasteiger partial charge on any atom is 0.319 e. The van der Waals surface area contributed by atoms with Crippen molar-refractivity contribution in [3.63, 3.8) is 0 Å². The highest BCUT2D eigenvalue weighted by molar-refractivity contribution is 7.99. The molecule has 2 heterocycles. The average molecular weight is 331 g/mol. The van der Waals surface area contributed by atoms with Gasteiger partial charge in [0.25, 0.3) is 0 Å². The molecule has 1 atom stereocenters. The SMILES string of the molecule is NC(=O)Cn1cc(NC(=O)N[C@H]2CCSc3ccccc32)cn1. The quantitative estimate of drug-likeness (QED) is 0.794. The Bertz CT molecular complexity index is 730. The smallest absolute Gasteiger partial charge is 0.319 e. The van der Waals surface area contributed by atoms with Gasteiger partial charge >= 0.3 is 6.03 Å². The molecule has 2 aromatic rings. The van der Waals surface area contributed by atoms with Gasteiger partial charge < -0.3 is 16.4 Å². The van der Waals surface area contributed by atoms with Crippen molar-refractivity contribution >= 4 is 29.4 Å². The van der Waals surface area contributed by atoms with Crippen molar-refractivity contribution in [3.8, 4) is 0 Å². The van der Waals surface area contributed by atoms with Crippen LogP contribution in [0.5, 0.6) is 0 Å². The summed E-state index contributed by atoms with van der Waals surface area (Å²) in [4.78, 5) is 24.2. The van der Waals surface area contributed by atoms with Crippen molar-refractivity contribution in [2.45, 2.75) is 23.9 Å². The second-order valence-corrected chi connectivity index (χ2v) is 6.36. The van der Waals surface area contributed by atoms with Crippen molar-refractivity contribution < 1.29 is 9.59 Å². The Morgan fingerprint density at radius 3 is 3.04 bits per heavy atom. The molecule has 0 unspecified atom stereocenters. The molecular formula is C15H17N5O2S. The number of thioether (sulfide) groups is 1. The first-order chi connectivity index (χ1) is 11.1. The molecule has 3 rings (SSSR count). The van der Waals surface area contributed by atoms with Gasteiger partial charge in [0.1, 0.15) is 6.54 Å². The molecule has 0 radical (unpaired) electrons. The summed E-state index contributed by atoms with van der Waals surface area (Å²) in [5.41, 5.74) is 6.76. The summed E-state index contributed by atoms with van der Waals surface area (Å²) < 4.78 is 1.38. The van der Waals surface area contributed by atoms with E-state index in [0.717, 1.165) is 17.7 Å². The van der Waals surface area contributed by atoms with Crippen LogP contribution in [0.3, 0.4) is 0 Å². The van der Waals surface area contributed by atoms with Crippen LogP contribution in [0, 0.1) is 0 Å². The fraction of sp³-hybridized carbons (Fsp3) is 0.267. The molecule has 0 fully saturated rings. The van der Waals surface area contributed by atoms with Gasteiger partial charge in [-0.1, -0.05) is 18.2 Å². The monoisotopic (exact) mass is 331 g/mol. The van der Waals surface area contributed by atoms with Crippen molar-refractivity contribution in [2.75, 3.05) is 11.1 Å². The number of hydrogen-bond acceptors (Lipinski definition) is 4. The van der Waals surface area contributed by atoms with Crippen molar-refractivity contribution in [3.05, 3.63) is 42.2 Å². The summed E-state index contributed by atoms with van der Waals surface area (Å²) in [7, 11) is 0. The molecule has 0 saturated heterocycles. The second-order valence-electron chi connectivity index (χ2n) is 5.22. The van der Waals surface area contributed by atoms with Gasteiger partial charge in [-0.05, 0) is 18.1 Å². The van der Waals surface area contributed by atoms with Crippen LogP contribution in [0.4, 0.5) is 10.5 Å². The van der Waals surface area contributed by atoms with E-state index in [4.69, 9.17) is 5.73 Å². The molecular weight excluding hydrogens is 314 g/mol. The number of rotatable bonds is 4. The molecule has 0 bridgehead atoms. The number of benzene rings is 1. The van der Waals surface area contributed by atoms with Crippen molar-refractivity contribution in [1.82, 2.24) is 15.1 Å². The van der Waals surface area contributed by atoms with Gasteiger partial charge in [0, 0.05) is 16.8 Å². The highest BCUT2D eigenvalue weighted by Crippen LogP contribution is 2.35. The summed E-state index contributed by atoms with van der Waals surface area (Å²) in [5, 5.41) is 9.67. The topological polar surface area (TPSA) is 102 Å². The number of nitrogens with one attached hydrogen (secondary N) is 2. The fourth-order valence-corrected chi connectivity index (χ4v) is 3.62. The minimum absolute atomic E-state index is 0.00638. The predicted molar refractivity (Wildman–Crippen MR) is 88.1 cm³/mol. The minimum Gasteiger partial charge on any atom is -0.368 e. The standard InChI is InChI=1S/C15H17N5O2S/c16-14(21)9-20-8-10(7-17-20)18-15(22)19-12-5-6-23-13-4-2-1-3-11(12)13/h1-4,7-8,12H,5-6,9H2,(H2,16,21)(H2,18,19,22)/t12-/m0/s1. The number of urea groups is 1. The lowest BCUT2D eigenvalue weighted by Crippen LogP contribution is -2.34. The molecule has 7 nitrogen and oxygen atoms in total. The summed E-state index contributed by atoms with van der Waals surface area (Å²) in [5.74, 6) is 0.485. The zero-order chi connectivity index (χ0) is 16.2. The number of nitrogens with two attached hydrogens (primary N) is 1. The Hall–Kier alpha value is -2.48. The number of aromatic nitrogens is 2. The van der Waals surface area contributed by atoms with Gasteiger partial charge in [0.05, 0.1) is 17.9 Å². The van der Waals surface area contributed by atoms with Gasteiger partial charge in [-0.15, -0.1) is 11.8 Å². The molecule has 0 spiro atoms. The van der Waals surface area contributed by atoms with E-state index in [9.17, 15) is 9.59 Å². The van der Waals surface area contributed by atoms with E-state index in [0.29, 0.717) is 5.69 Å². The third-order valence-corrected chi connectivity index (χ3v) is 4.60. The van der Waals surface area contributed by atoms with Crippen LogP contribution >= 0.6 is 11.8 Å². The number of amides is 3. The fourth-order valence-electron chi connectivity index (χ4n) is 2.49. The molecule has 23 heavy (non-hydrogen) atoms. The van der Waals surface area contributed by atoms with E-state index in [2.05, 4.69) is 21.8 Å². The summed E-state index contributed by atoms with van der Waals surface area (Å²) >= 11 is 1.80. The molecule has 1 aromatic heterocycles. The number of anilines is 1. The predicted octanol–water partition coefficient (Wildman–Crippen LogP) is 1.73. The van der Waals surface area contributed by atoms with Gasteiger partial charge in [0.15, 0.2) is 0 Å². The van der Waals surface area contributed by atoms with Crippen LogP contribution in [0.1, 0.15) is 18.0 Å². The van der Waals surface area contributed by atoms with E-state index < -0.39 is 5.91 Å². The molecule has 1 aliphatic rings. The number of hydrogen-bond donors (Lipinski definition) is 3. The maximum absolute atomic E-state index is 12.2. The highest BCUT2D eigenvalue weighted by Gasteiger charge is 2.21. The third-order valence-electron chi connectivity index (χ3n) is 3.47. The normalized spacial score (nSPS) is 16.4. The zero-order valence-electron chi connectivity index (χ0n) is 12.4. The first-order valence-electron chi connectivity index (χ1n) is 7.22. The minimum atomic E-state index is -0.486. The van der Waals surface area contributed by atoms with Crippen LogP contribution in [-0.2, 0) is 11.3 Å². The summed E-state index contributed by atoms with van der Waals surface area (Å²) in [6, 6.07) is 7.78. The largest absolute Gasteiger partial charge is 0.368 e. The number of carbonyl (C=O) groups excluding carboxylic acids is 2. The number of carbonyl (C=O) groups is 2. The lowest BCUT2D eigenvalue weighted by molar-refractivity contribution is -0.118. The van der Waals surface area contributed by atoms with Gasteiger partial charge in [-0.2, -0.15) is 5.10 Å². The summed E-state index contributed by atoms with van der Waals surface area (Å²) in [6.45, 7) is -0.0173. The molecule has 0 saturated carbocycles. The Balaban J connectivity index is 1.62. The molecule has 1 aromatic carbocycles. The third kappa shape index (κ3) is 3.84. The number of fused-ring (bicyclic) bond motifs is 1. The van der Waals surface area contributed by atoms with Gasteiger partial charge in [0.2, 0.25) is 5.91 Å². The first-order valence-corrected chi connectivity index (χ1v) is 8.20. The Morgan fingerprint density at radius 1 is 1.39 bits per heavy atom. The maximum atomic E-state index is 12.2. The van der Waals surface area contributed by atoms with Crippen LogP contribution in [-0.4, -0.2) is 27.5 Å². The van der Waals surface area contributed by atoms with E-state index in [1.807, 2.05) is 18.2 Å². The van der Waals surface area contributed by atoms with Crippen LogP contribution in [0.25, 0.3) is 0 Å². The zero-order valence-corrected chi connectivity index (χ0v) is 13.2. The molecule has 4 N–H and O–H groups in total. The molecule has 3 amide bonds. The average Bonchev–Trinajstić information content (AvgIpc) is 2.93. The van der Waals surface area contributed by atoms with E-state index in [1.165, 1.54) is 15.8 Å². The van der Waals surface area contributed by atoms with Crippen LogP contribution in [0.15, 0.2) is 41.6 Å². The lowest BCUT2D eigenvalue weighted by Gasteiger charge is -2.25. The first kappa shape index (κ1) is 15.4. The number of primary amides is 1. The highest BCUT2D eigenvalue weighted by atomic mass is 32.2. The van der Waals surface area contributed by atoms with Crippen LogP contribution < -0.4 is 16.4 Å². The molecule has 8 heteroatoms. The Kier molecular flexibility index (Phi) is 4.52. The Morgan fingerprint density at radius 2 is 2.22 bits per heavy atom. The molecule has 1 aliphatic heterocycles. The molecule has 120 valence electrons.